The fraction of sp³-hybridized carbons (Fsp3) is 0.520. The number of aromatic nitrogens is 1. The lowest BCUT2D eigenvalue weighted by atomic mass is 9.93. The van der Waals surface area contributed by atoms with E-state index in [1.165, 1.54) is 38.1 Å². The quantitative estimate of drug-likeness (QED) is 0.475. The van der Waals surface area contributed by atoms with E-state index in [-0.39, 0.29) is 5.82 Å². The predicted molar refractivity (Wildman–Crippen MR) is 125 cm³/mol. The molecule has 1 aromatic carbocycles. The molecule has 2 heterocycles. The number of ether oxygens (including phenoxy) is 1. The molecular formula is C25H36FN3O3. The van der Waals surface area contributed by atoms with Crippen molar-refractivity contribution in [2.24, 2.45) is 5.92 Å². The Hall–Kier alpha value is -2.51. The summed E-state index contributed by atoms with van der Waals surface area (Å²) in [7, 11) is 3.91. The van der Waals surface area contributed by atoms with E-state index in [9.17, 15) is 9.18 Å². The van der Waals surface area contributed by atoms with Crippen LogP contribution in [-0.2, 0) is 4.74 Å². The molecule has 0 aliphatic carbocycles. The summed E-state index contributed by atoms with van der Waals surface area (Å²) >= 11 is 0. The fourth-order valence-electron chi connectivity index (χ4n) is 4.02. The Bertz CT molecular complexity index is 883. The topological polar surface area (TPSA) is 67.6 Å². The number of carbonyl (C=O) groups excluding carboxylic acids is 1. The van der Waals surface area contributed by atoms with Gasteiger partial charge in [-0.05, 0) is 71.7 Å². The first-order valence-corrected chi connectivity index (χ1v) is 11.1. The van der Waals surface area contributed by atoms with Crippen molar-refractivity contribution in [2.75, 3.05) is 27.2 Å². The highest BCUT2D eigenvalue weighted by atomic mass is 19.1. The SMILES string of the molecule is C/C=C(\NC(C)(CC1CCCCN(C)C1)OC)c1ccccc1F.Cc1oncc1C=O. The van der Waals surface area contributed by atoms with E-state index >= 15 is 0 Å². The van der Waals surface area contributed by atoms with Crippen molar-refractivity contribution in [3.05, 3.63) is 59.2 Å². The van der Waals surface area contributed by atoms with Gasteiger partial charge in [0.2, 0.25) is 0 Å². The van der Waals surface area contributed by atoms with Gasteiger partial charge in [0, 0.05) is 24.9 Å². The van der Waals surface area contributed by atoms with Crippen LogP contribution in [0.3, 0.4) is 0 Å². The van der Waals surface area contributed by atoms with Crippen molar-refractivity contribution in [3.8, 4) is 0 Å². The summed E-state index contributed by atoms with van der Waals surface area (Å²) in [5, 5.41) is 6.84. The van der Waals surface area contributed by atoms with E-state index < -0.39 is 5.72 Å². The lowest BCUT2D eigenvalue weighted by Crippen LogP contribution is -2.45. The molecule has 1 saturated heterocycles. The third-order valence-corrected chi connectivity index (χ3v) is 5.87. The summed E-state index contributed by atoms with van der Waals surface area (Å²) in [6.07, 6.45) is 8.66. The fourth-order valence-corrected chi connectivity index (χ4v) is 4.02. The van der Waals surface area contributed by atoms with E-state index in [1.807, 2.05) is 19.1 Å². The summed E-state index contributed by atoms with van der Waals surface area (Å²) in [6, 6.07) is 6.86. The maximum absolute atomic E-state index is 14.1. The van der Waals surface area contributed by atoms with Crippen LogP contribution >= 0.6 is 0 Å². The molecule has 1 aliphatic rings. The highest BCUT2D eigenvalue weighted by Gasteiger charge is 2.30. The molecule has 1 aromatic heterocycles. The second-order valence-electron chi connectivity index (χ2n) is 8.53. The molecule has 0 amide bonds. The standard InChI is InChI=1S/C20H31FN2O.C5H5NO2/c1-5-19(17-11-6-7-12-18(17)21)22-20(2,24-4)14-16-10-8-9-13-23(3)15-16;1-4-5(3-7)2-6-8-4/h5-7,11-12,16,22H,8-10,13-15H2,1-4H3;2-3H,1H3/b19-5-;. The Kier molecular flexibility index (Phi) is 10.1. The number of nitrogens with zero attached hydrogens (tertiary/aromatic N) is 2. The molecule has 1 aliphatic heterocycles. The second kappa shape index (κ2) is 12.5. The number of likely N-dealkylation sites (tertiary alicyclic amines) is 1. The van der Waals surface area contributed by atoms with Gasteiger partial charge in [-0.1, -0.05) is 29.8 Å². The Morgan fingerprint density at radius 2 is 2.16 bits per heavy atom. The normalized spacial score (nSPS) is 19.3. The molecule has 176 valence electrons. The molecule has 2 unspecified atom stereocenters. The zero-order valence-electron chi connectivity index (χ0n) is 19.9. The molecule has 2 atom stereocenters. The molecule has 1 N–H and O–H groups in total. The summed E-state index contributed by atoms with van der Waals surface area (Å²) in [4.78, 5) is 12.4. The molecule has 0 saturated carbocycles. The first kappa shape index (κ1) is 25.7. The average molecular weight is 446 g/mol. The van der Waals surface area contributed by atoms with Crippen LogP contribution in [-0.4, -0.2) is 49.3 Å². The highest BCUT2D eigenvalue weighted by Crippen LogP contribution is 2.28. The van der Waals surface area contributed by atoms with Gasteiger partial charge in [-0.25, -0.2) is 4.39 Å². The Morgan fingerprint density at radius 3 is 2.72 bits per heavy atom. The van der Waals surface area contributed by atoms with E-state index in [1.54, 1.807) is 26.2 Å². The van der Waals surface area contributed by atoms with Crippen LogP contribution in [0.4, 0.5) is 4.39 Å². The van der Waals surface area contributed by atoms with Gasteiger partial charge in [-0.2, -0.15) is 0 Å². The molecule has 1 fully saturated rings. The zero-order valence-corrected chi connectivity index (χ0v) is 19.9. The molecule has 32 heavy (non-hydrogen) atoms. The van der Waals surface area contributed by atoms with Crippen molar-refractivity contribution in [3.63, 3.8) is 0 Å². The maximum Gasteiger partial charge on any atom is 0.155 e. The lowest BCUT2D eigenvalue weighted by Gasteiger charge is -2.35. The smallest absolute Gasteiger partial charge is 0.155 e. The van der Waals surface area contributed by atoms with Crippen LogP contribution in [0.2, 0.25) is 0 Å². The number of rotatable bonds is 7. The van der Waals surface area contributed by atoms with Crippen molar-refractivity contribution in [1.82, 2.24) is 15.4 Å². The van der Waals surface area contributed by atoms with Crippen LogP contribution < -0.4 is 5.32 Å². The number of aryl methyl sites for hydroxylation is 1. The van der Waals surface area contributed by atoms with Crippen LogP contribution in [0.25, 0.3) is 5.70 Å². The number of hydrogen-bond donors (Lipinski definition) is 1. The third kappa shape index (κ3) is 7.57. The first-order valence-electron chi connectivity index (χ1n) is 11.1. The average Bonchev–Trinajstić information content (AvgIpc) is 3.10. The first-order chi connectivity index (χ1) is 15.3. The van der Waals surface area contributed by atoms with Crippen LogP contribution in [0.5, 0.6) is 0 Å². The zero-order chi connectivity index (χ0) is 23.6. The van der Waals surface area contributed by atoms with E-state index in [0.717, 1.165) is 18.7 Å². The number of benzene rings is 1. The minimum Gasteiger partial charge on any atom is -0.361 e. The van der Waals surface area contributed by atoms with Crippen molar-refractivity contribution >= 4 is 12.0 Å². The summed E-state index contributed by atoms with van der Waals surface area (Å²) in [5.41, 5.74) is 1.37. The lowest BCUT2D eigenvalue weighted by molar-refractivity contribution is -0.0316. The molecular weight excluding hydrogens is 409 g/mol. The van der Waals surface area contributed by atoms with Gasteiger partial charge in [0.1, 0.15) is 17.3 Å². The van der Waals surface area contributed by atoms with Crippen LogP contribution in [0.1, 0.15) is 61.2 Å². The summed E-state index contributed by atoms with van der Waals surface area (Å²) in [6.45, 7) is 7.93. The molecule has 0 radical (unpaired) electrons. The summed E-state index contributed by atoms with van der Waals surface area (Å²) in [5.74, 6) is 0.930. The Labute approximate surface area is 190 Å². The number of methoxy groups -OCH3 is 1. The number of halogens is 1. The van der Waals surface area contributed by atoms with E-state index in [4.69, 9.17) is 4.74 Å². The van der Waals surface area contributed by atoms with Crippen LogP contribution in [0.15, 0.2) is 41.1 Å². The molecule has 3 rings (SSSR count). The molecule has 0 spiro atoms. The molecule has 2 aromatic rings. The van der Waals surface area contributed by atoms with Crippen molar-refractivity contribution in [1.29, 1.82) is 0 Å². The monoisotopic (exact) mass is 445 g/mol. The predicted octanol–water partition coefficient (Wildman–Crippen LogP) is 5.06. The molecule has 0 bridgehead atoms. The van der Waals surface area contributed by atoms with Gasteiger partial charge < -0.3 is 19.5 Å². The number of nitrogens with one attached hydrogen (secondary N) is 1. The van der Waals surface area contributed by atoms with Gasteiger partial charge in [-0.15, -0.1) is 0 Å². The minimum atomic E-state index is -0.514. The van der Waals surface area contributed by atoms with Gasteiger partial charge in [-0.3, -0.25) is 4.79 Å². The number of carbonyl (C=O) groups is 1. The van der Waals surface area contributed by atoms with E-state index in [2.05, 4.69) is 33.9 Å². The number of allylic oxidation sites excluding steroid dienone is 1. The maximum atomic E-state index is 14.1. The number of hydrogen-bond acceptors (Lipinski definition) is 6. The molecule has 7 heteroatoms. The Balaban J connectivity index is 0.000000380. The van der Waals surface area contributed by atoms with Gasteiger partial charge in [0.15, 0.2) is 6.29 Å². The van der Waals surface area contributed by atoms with Gasteiger partial charge >= 0.3 is 0 Å². The van der Waals surface area contributed by atoms with Crippen molar-refractivity contribution in [2.45, 2.75) is 52.2 Å². The highest BCUT2D eigenvalue weighted by molar-refractivity contribution is 5.75. The van der Waals surface area contributed by atoms with Crippen molar-refractivity contribution < 1.29 is 18.4 Å². The van der Waals surface area contributed by atoms with Gasteiger partial charge in [0.05, 0.1) is 11.8 Å². The second-order valence-corrected chi connectivity index (χ2v) is 8.53. The van der Waals surface area contributed by atoms with E-state index in [0.29, 0.717) is 29.1 Å². The Morgan fingerprint density at radius 1 is 1.41 bits per heavy atom. The van der Waals surface area contributed by atoms with Crippen LogP contribution in [0, 0.1) is 18.7 Å². The van der Waals surface area contributed by atoms with Gasteiger partial charge in [0.25, 0.3) is 0 Å². The summed E-state index contributed by atoms with van der Waals surface area (Å²) < 4.78 is 24.5. The largest absolute Gasteiger partial charge is 0.361 e. The number of aldehydes is 1. The third-order valence-electron chi connectivity index (χ3n) is 5.87. The minimum absolute atomic E-state index is 0.217. The molecule has 6 nitrogen and oxygen atoms in total.